The van der Waals surface area contributed by atoms with Gasteiger partial charge in [0.05, 0.1) is 16.7 Å². The molecule has 166 valence electrons. The predicted octanol–water partition coefficient (Wildman–Crippen LogP) is 4.55. The molecule has 3 aromatic rings. The lowest BCUT2D eigenvalue weighted by Gasteiger charge is -2.18. The van der Waals surface area contributed by atoms with Gasteiger partial charge in [0.1, 0.15) is 0 Å². The van der Waals surface area contributed by atoms with Gasteiger partial charge in [0.15, 0.2) is 5.13 Å². The van der Waals surface area contributed by atoms with E-state index in [1.807, 2.05) is 23.6 Å². The van der Waals surface area contributed by atoms with Crippen LogP contribution in [0.15, 0.2) is 58.8 Å². The number of benzene rings is 2. The SMILES string of the molecule is CC(C)(C)c1ccc(-c2csc(NC(=O)c3ccc(S(=O)(=O)NCCC#N)cc3)n2)cc1. The Morgan fingerprint density at radius 3 is 2.34 bits per heavy atom. The van der Waals surface area contributed by atoms with Crippen molar-refractivity contribution in [2.24, 2.45) is 0 Å². The van der Waals surface area contributed by atoms with Crippen LogP contribution in [-0.4, -0.2) is 25.9 Å². The molecular weight excluding hydrogens is 444 g/mol. The van der Waals surface area contributed by atoms with E-state index in [2.05, 4.69) is 47.9 Å². The Labute approximate surface area is 192 Å². The number of sulfonamides is 1. The number of carbonyl (C=O) groups excluding carboxylic acids is 1. The summed E-state index contributed by atoms with van der Waals surface area (Å²) < 4.78 is 26.7. The zero-order valence-corrected chi connectivity index (χ0v) is 19.7. The Morgan fingerprint density at radius 1 is 1.09 bits per heavy atom. The van der Waals surface area contributed by atoms with E-state index in [4.69, 9.17) is 5.26 Å². The summed E-state index contributed by atoms with van der Waals surface area (Å²) >= 11 is 1.32. The predicted molar refractivity (Wildman–Crippen MR) is 126 cm³/mol. The smallest absolute Gasteiger partial charge is 0.257 e. The first-order valence-electron chi connectivity index (χ1n) is 9.94. The first-order chi connectivity index (χ1) is 15.1. The third-order valence-electron chi connectivity index (χ3n) is 4.73. The van der Waals surface area contributed by atoms with Crippen molar-refractivity contribution < 1.29 is 13.2 Å². The van der Waals surface area contributed by atoms with E-state index in [-0.39, 0.29) is 29.2 Å². The highest BCUT2D eigenvalue weighted by Gasteiger charge is 2.16. The van der Waals surface area contributed by atoms with E-state index in [1.165, 1.54) is 41.2 Å². The highest BCUT2D eigenvalue weighted by Crippen LogP contribution is 2.28. The summed E-state index contributed by atoms with van der Waals surface area (Å²) in [6, 6.07) is 15.7. The summed E-state index contributed by atoms with van der Waals surface area (Å²) in [6.45, 7) is 6.51. The molecule has 2 aromatic carbocycles. The molecule has 0 saturated carbocycles. The molecule has 32 heavy (non-hydrogen) atoms. The molecule has 1 aromatic heterocycles. The second-order valence-electron chi connectivity index (χ2n) is 8.15. The van der Waals surface area contributed by atoms with Crippen LogP contribution in [-0.2, 0) is 15.4 Å². The third kappa shape index (κ3) is 5.79. The minimum Gasteiger partial charge on any atom is -0.298 e. The molecule has 7 nitrogen and oxygen atoms in total. The van der Waals surface area contributed by atoms with Gasteiger partial charge in [-0.3, -0.25) is 10.1 Å². The van der Waals surface area contributed by atoms with E-state index in [9.17, 15) is 13.2 Å². The average Bonchev–Trinajstić information content (AvgIpc) is 3.22. The minimum atomic E-state index is -3.72. The molecule has 0 spiro atoms. The molecule has 0 aliphatic heterocycles. The molecule has 1 amide bonds. The lowest BCUT2D eigenvalue weighted by molar-refractivity contribution is 0.102. The van der Waals surface area contributed by atoms with Crippen molar-refractivity contribution in [1.82, 2.24) is 9.71 Å². The van der Waals surface area contributed by atoms with Crippen molar-refractivity contribution in [2.75, 3.05) is 11.9 Å². The van der Waals surface area contributed by atoms with Crippen molar-refractivity contribution in [2.45, 2.75) is 37.5 Å². The topological polar surface area (TPSA) is 112 Å². The normalized spacial score (nSPS) is 11.7. The number of thiazole rings is 1. The molecular formula is C23H24N4O3S2. The third-order valence-corrected chi connectivity index (χ3v) is 6.96. The first-order valence-corrected chi connectivity index (χ1v) is 12.3. The molecule has 2 N–H and O–H groups in total. The van der Waals surface area contributed by atoms with Crippen molar-refractivity contribution in [3.05, 3.63) is 65.0 Å². The number of aromatic nitrogens is 1. The Balaban J connectivity index is 1.67. The van der Waals surface area contributed by atoms with Gasteiger partial charge in [-0.05, 0) is 35.2 Å². The van der Waals surface area contributed by atoms with E-state index in [0.717, 1.165) is 11.3 Å². The second-order valence-corrected chi connectivity index (χ2v) is 10.8. The molecule has 0 atom stereocenters. The summed E-state index contributed by atoms with van der Waals surface area (Å²) in [5.41, 5.74) is 3.35. The number of nitriles is 1. The number of hydrogen-bond donors (Lipinski definition) is 2. The molecule has 0 aliphatic carbocycles. The second kappa shape index (κ2) is 9.61. The quantitative estimate of drug-likeness (QED) is 0.494. The van der Waals surface area contributed by atoms with Crippen molar-refractivity contribution in [3.8, 4) is 17.3 Å². The van der Waals surface area contributed by atoms with Gasteiger partial charge in [-0.2, -0.15) is 5.26 Å². The summed E-state index contributed by atoms with van der Waals surface area (Å²) in [5.74, 6) is -0.379. The highest BCUT2D eigenvalue weighted by molar-refractivity contribution is 7.89. The van der Waals surface area contributed by atoms with Gasteiger partial charge in [0.25, 0.3) is 5.91 Å². The van der Waals surface area contributed by atoms with Gasteiger partial charge in [-0.25, -0.2) is 18.1 Å². The summed E-state index contributed by atoms with van der Waals surface area (Å²) in [7, 11) is -3.72. The minimum absolute atomic E-state index is 0.0298. The van der Waals surface area contributed by atoms with Gasteiger partial charge in [-0.1, -0.05) is 45.0 Å². The lowest BCUT2D eigenvalue weighted by atomic mass is 9.86. The van der Waals surface area contributed by atoms with Crippen LogP contribution in [0.25, 0.3) is 11.3 Å². The molecule has 0 saturated heterocycles. The van der Waals surface area contributed by atoms with Crippen LogP contribution in [0, 0.1) is 11.3 Å². The number of anilines is 1. The van der Waals surface area contributed by atoms with Crippen LogP contribution in [0.2, 0.25) is 0 Å². The Kier molecular flexibility index (Phi) is 7.09. The van der Waals surface area contributed by atoms with Crippen LogP contribution in [0.5, 0.6) is 0 Å². The number of hydrogen-bond acceptors (Lipinski definition) is 6. The number of nitrogens with one attached hydrogen (secondary N) is 2. The van der Waals surface area contributed by atoms with E-state index in [1.54, 1.807) is 0 Å². The van der Waals surface area contributed by atoms with Gasteiger partial charge < -0.3 is 0 Å². The van der Waals surface area contributed by atoms with E-state index in [0.29, 0.717) is 10.7 Å². The van der Waals surface area contributed by atoms with Crippen molar-refractivity contribution >= 4 is 32.4 Å². The Bertz CT molecular complexity index is 1230. The molecule has 0 unspecified atom stereocenters. The fraction of sp³-hybridized carbons (Fsp3) is 0.261. The van der Waals surface area contributed by atoms with Crippen LogP contribution < -0.4 is 10.0 Å². The van der Waals surface area contributed by atoms with Crippen LogP contribution in [0.4, 0.5) is 5.13 Å². The zero-order valence-electron chi connectivity index (χ0n) is 18.0. The van der Waals surface area contributed by atoms with Gasteiger partial charge >= 0.3 is 0 Å². The summed E-state index contributed by atoms with van der Waals surface area (Å²) in [4.78, 5) is 17.1. The lowest BCUT2D eigenvalue weighted by Crippen LogP contribution is -2.24. The van der Waals surface area contributed by atoms with Crippen molar-refractivity contribution in [3.63, 3.8) is 0 Å². The van der Waals surface area contributed by atoms with Crippen LogP contribution in [0.3, 0.4) is 0 Å². The summed E-state index contributed by atoms with van der Waals surface area (Å²) in [5, 5.41) is 13.6. The number of amides is 1. The summed E-state index contributed by atoms with van der Waals surface area (Å²) in [6.07, 6.45) is 0.0796. The molecule has 0 radical (unpaired) electrons. The molecule has 0 fully saturated rings. The van der Waals surface area contributed by atoms with Gasteiger partial charge in [0, 0.05) is 29.5 Å². The van der Waals surface area contributed by atoms with E-state index < -0.39 is 10.0 Å². The molecule has 0 aliphatic rings. The zero-order chi connectivity index (χ0) is 23.4. The van der Waals surface area contributed by atoms with Gasteiger partial charge in [0.2, 0.25) is 10.0 Å². The Hall–Kier alpha value is -3.06. The van der Waals surface area contributed by atoms with Crippen molar-refractivity contribution in [1.29, 1.82) is 5.26 Å². The molecule has 0 bridgehead atoms. The maximum Gasteiger partial charge on any atom is 0.257 e. The van der Waals surface area contributed by atoms with Crippen LogP contribution in [0.1, 0.15) is 43.1 Å². The van der Waals surface area contributed by atoms with Crippen LogP contribution >= 0.6 is 11.3 Å². The monoisotopic (exact) mass is 468 g/mol. The van der Waals surface area contributed by atoms with E-state index >= 15 is 0 Å². The molecule has 1 heterocycles. The molecule has 9 heteroatoms. The fourth-order valence-electron chi connectivity index (χ4n) is 2.88. The number of carbonyl (C=O) groups is 1. The fourth-order valence-corrected chi connectivity index (χ4v) is 4.63. The number of nitrogens with zero attached hydrogens (tertiary/aromatic N) is 2. The van der Waals surface area contributed by atoms with Gasteiger partial charge in [-0.15, -0.1) is 11.3 Å². The number of rotatable bonds is 7. The largest absolute Gasteiger partial charge is 0.298 e. The highest BCUT2D eigenvalue weighted by atomic mass is 32.2. The standard InChI is InChI=1S/C23H24N4O3S2/c1-23(2,3)18-9-5-16(6-10-18)20-15-31-22(26-20)27-21(28)17-7-11-19(12-8-17)32(29,30)25-14-4-13-24/h5-12,15,25H,4,14H2,1-3H3,(H,26,27,28). The Morgan fingerprint density at radius 2 is 1.75 bits per heavy atom. The first kappa shape index (κ1) is 23.6. The maximum atomic E-state index is 12.5. The maximum absolute atomic E-state index is 12.5. The average molecular weight is 469 g/mol. The molecule has 3 rings (SSSR count).